The molecule has 1 heteroatoms. The van der Waals surface area contributed by atoms with Gasteiger partial charge in [-0.1, -0.05) is 20.8 Å². The van der Waals surface area contributed by atoms with E-state index < -0.39 is 0 Å². The average Bonchev–Trinajstić information content (AvgIpc) is 2.34. The molecule has 12 heavy (non-hydrogen) atoms. The summed E-state index contributed by atoms with van der Waals surface area (Å²) in [4.78, 5) is 3.79. The topological polar surface area (TPSA) is 4.36 Å². The standard InChI is InChI=1S/C11H17N/c1-10(2)8-5-6-11(10,3)9(7-8)12-4/h8-9H,5-7H2,1-3H3/t8-,9+,11+/m1/s1. The monoisotopic (exact) mass is 163 g/mol. The summed E-state index contributed by atoms with van der Waals surface area (Å²) < 4.78 is 0. The van der Waals surface area contributed by atoms with Gasteiger partial charge in [0.15, 0.2) is 0 Å². The lowest BCUT2D eigenvalue weighted by Crippen LogP contribution is -2.33. The molecule has 0 aromatic rings. The molecule has 1 nitrogen and oxygen atoms in total. The highest BCUT2D eigenvalue weighted by atomic mass is 14.8. The SMILES string of the molecule is [C-]#[N+][C@H]1C[C@H]2CC[C@]1(C)C2(C)C. The molecule has 66 valence electrons. The molecule has 2 aliphatic carbocycles. The second-order valence-electron chi connectivity index (χ2n) is 5.26. The lowest BCUT2D eigenvalue weighted by Gasteiger charge is -2.33. The van der Waals surface area contributed by atoms with Crippen LogP contribution in [0.5, 0.6) is 0 Å². The number of rotatable bonds is 0. The Morgan fingerprint density at radius 2 is 2.00 bits per heavy atom. The maximum atomic E-state index is 7.18. The first kappa shape index (κ1) is 8.10. The largest absolute Gasteiger partial charge is 0.313 e. The zero-order valence-electron chi connectivity index (χ0n) is 8.22. The number of hydrogen-bond acceptors (Lipinski definition) is 0. The predicted octanol–water partition coefficient (Wildman–Crippen LogP) is 3.12. The summed E-state index contributed by atoms with van der Waals surface area (Å²) in [6, 6.07) is 0.311. The van der Waals surface area contributed by atoms with E-state index in [2.05, 4.69) is 25.6 Å². The van der Waals surface area contributed by atoms with Crippen molar-refractivity contribution in [3.8, 4) is 0 Å². The van der Waals surface area contributed by atoms with E-state index in [9.17, 15) is 0 Å². The summed E-state index contributed by atoms with van der Waals surface area (Å²) in [5.41, 5.74) is 0.738. The Hall–Kier alpha value is -0.510. The molecule has 2 saturated carbocycles. The van der Waals surface area contributed by atoms with Crippen LogP contribution in [0, 0.1) is 23.3 Å². The van der Waals surface area contributed by atoms with Gasteiger partial charge in [-0.15, -0.1) is 0 Å². The quantitative estimate of drug-likeness (QED) is 0.483. The summed E-state index contributed by atoms with van der Waals surface area (Å²) in [6.07, 6.45) is 3.79. The Labute approximate surface area is 75.0 Å². The predicted molar refractivity (Wildman–Crippen MR) is 49.6 cm³/mol. The molecular weight excluding hydrogens is 146 g/mol. The van der Waals surface area contributed by atoms with Gasteiger partial charge in [-0.2, -0.15) is 0 Å². The van der Waals surface area contributed by atoms with Gasteiger partial charge in [-0.05, 0) is 24.2 Å². The van der Waals surface area contributed by atoms with E-state index >= 15 is 0 Å². The first-order valence-corrected chi connectivity index (χ1v) is 4.89. The highest BCUT2D eigenvalue weighted by Gasteiger charge is 2.65. The molecular formula is C11H17N. The second kappa shape index (κ2) is 2.05. The molecule has 0 unspecified atom stereocenters. The van der Waals surface area contributed by atoms with Crippen LogP contribution in [0.25, 0.3) is 4.85 Å². The fraction of sp³-hybridized carbons (Fsp3) is 0.909. The van der Waals surface area contributed by atoms with E-state index in [1.54, 1.807) is 0 Å². The Morgan fingerprint density at radius 3 is 2.25 bits per heavy atom. The normalized spacial score (nSPS) is 49.2. The van der Waals surface area contributed by atoms with Crippen LogP contribution in [0.2, 0.25) is 0 Å². The lowest BCUT2D eigenvalue weighted by molar-refractivity contribution is 0.147. The van der Waals surface area contributed by atoms with E-state index in [1.165, 1.54) is 12.8 Å². The molecule has 2 aliphatic rings. The third-order valence-corrected chi connectivity index (χ3v) is 4.90. The van der Waals surface area contributed by atoms with E-state index in [-0.39, 0.29) is 0 Å². The molecule has 0 aliphatic heterocycles. The van der Waals surface area contributed by atoms with Crippen molar-refractivity contribution in [3.05, 3.63) is 11.4 Å². The third-order valence-electron chi connectivity index (χ3n) is 4.90. The van der Waals surface area contributed by atoms with Crippen molar-refractivity contribution in [3.63, 3.8) is 0 Å². The van der Waals surface area contributed by atoms with E-state index in [4.69, 9.17) is 6.57 Å². The Bertz CT molecular complexity index is 248. The van der Waals surface area contributed by atoms with Crippen molar-refractivity contribution in [2.75, 3.05) is 0 Å². The van der Waals surface area contributed by atoms with Crippen LogP contribution in [0.4, 0.5) is 0 Å². The maximum absolute atomic E-state index is 7.18. The highest BCUT2D eigenvalue weighted by Crippen LogP contribution is 2.66. The van der Waals surface area contributed by atoms with Crippen LogP contribution < -0.4 is 0 Å². The lowest BCUT2D eigenvalue weighted by atomic mass is 9.69. The van der Waals surface area contributed by atoms with Gasteiger partial charge in [0.1, 0.15) is 0 Å². The zero-order valence-corrected chi connectivity index (χ0v) is 8.22. The number of fused-ring (bicyclic) bond motifs is 2. The van der Waals surface area contributed by atoms with Crippen LogP contribution in [0.3, 0.4) is 0 Å². The van der Waals surface area contributed by atoms with Gasteiger partial charge >= 0.3 is 0 Å². The van der Waals surface area contributed by atoms with Crippen molar-refractivity contribution < 1.29 is 0 Å². The Morgan fingerprint density at radius 1 is 1.33 bits per heavy atom. The van der Waals surface area contributed by atoms with Gasteiger partial charge in [-0.3, -0.25) is 0 Å². The first-order chi connectivity index (χ1) is 5.52. The van der Waals surface area contributed by atoms with Crippen molar-refractivity contribution >= 4 is 0 Å². The molecule has 0 aromatic heterocycles. The van der Waals surface area contributed by atoms with Gasteiger partial charge in [0.25, 0.3) is 0 Å². The zero-order chi connectivity index (χ0) is 8.98. The molecule has 0 radical (unpaired) electrons. The van der Waals surface area contributed by atoms with Crippen LogP contribution in [-0.4, -0.2) is 6.04 Å². The molecule has 0 N–H and O–H groups in total. The van der Waals surface area contributed by atoms with Crippen molar-refractivity contribution in [1.82, 2.24) is 0 Å². The van der Waals surface area contributed by atoms with Crippen molar-refractivity contribution in [2.24, 2.45) is 16.7 Å². The Balaban J connectivity index is 2.41. The summed E-state index contributed by atoms with van der Waals surface area (Å²) in [6.45, 7) is 14.2. The van der Waals surface area contributed by atoms with Gasteiger partial charge in [0.2, 0.25) is 6.04 Å². The van der Waals surface area contributed by atoms with Crippen molar-refractivity contribution in [2.45, 2.75) is 46.1 Å². The van der Waals surface area contributed by atoms with Gasteiger partial charge in [0.05, 0.1) is 0 Å². The Kier molecular flexibility index (Phi) is 1.38. The average molecular weight is 163 g/mol. The molecule has 0 saturated heterocycles. The summed E-state index contributed by atoms with van der Waals surface area (Å²) in [5, 5.41) is 0. The molecule has 3 atom stereocenters. The number of nitrogens with zero attached hydrogens (tertiary/aromatic N) is 1. The highest BCUT2D eigenvalue weighted by molar-refractivity contribution is 5.16. The fourth-order valence-corrected chi connectivity index (χ4v) is 3.36. The van der Waals surface area contributed by atoms with E-state index in [0.29, 0.717) is 16.9 Å². The molecule has 2 rings (SSSR count). The van der Waals surface area contributed by atoms with Gasteiger partial charge in [-0.25, -0.2) is 6.57 Å². The first-order valence-electron chi connectivity index (χ1n) is 4.89. The third kappa shape index (κ3) is 0.648. The van der Waals surface area contributed by atoms with Gasteiger partial charge in [0, 0.05) is 11.8 Å². The van der Waals surface area contributed by atoms with Crippen LogP contribution in [0.15, 0.2) is 0 Å². The fourth-order valence-electron chi connectivity index (χ4n) is 3.36. The minimum absolute atomic E-state index is 0.311. The van der Waals surface area contributed by atoms with Crippen molar-refractivity contribution in [1.29, 1.82) is 0 Å². The smallest absolute Gasteiger partial charge is 0.229 e. The summed E-state index contributed by atoms with van der Waals surface area (Å²) >= 11 is 0. The molecule has 2 fully saturated rings. The van der Waals surface area contributed by atoms with E-state index in [0.717, 1.165) is 12.3 Å². The van der Waals surface area contributed by atoms with Crippen LogP contribution in [-0.2, 0) is 0 Å². The minimum Gasteiger partial charge on any atom is -0.313 e. The minimum atomic E-state index is 0.311. The molecule has 0 aromatic carbocycles. The summed E-state index contributed by atoms with van der Waals surface area (Å²) in [7, 11) is 0. The summed E-state index contributed by atoms with van der Waals surface area (Å²) in [5.74, 6) is 0.821. The van der Waals surface area contributed by atoms with Gasteiger partial charge < -0.3 is 4.85 Å². The number of hydrogen-bond donors (Lipinski definition) is 0. The van der Waals surface area contributed by atoms with Crippen LogP contribution >= 0.6 is 0 Å². The van der Waals surface area contributed by atoms with Crippen LogP contribution in [0.1, 0.15) is 40.0 Å². The van der Waals surface area contributed by atoms with E-state index in [1.807, 2.05) is 0 Å². The molecule has 0 spiro atoms. The maximum Gasteiger partial charge on any atom is 0.229 e. The molecule has 2 bridgehead atoms. The molecule has 0 heterocycles. The second-order valence-corrected chi connectivity index (χ2v) is 5.26. The molecule has 0 amide bonds.